The van der Waals surface area contributed by atoms with Crippen molar-refractivity contribution in [1.29, 1.82) is 0 Å². The molecule has 0 N–H and O–H groups in total. The molecule has 0 radical (unpaired) electrons. The maximum Gasteiger partial charge on any atom is 0.268 e. The van der Waals surface area contributed by atoms with Gasteiger partial charge in [0, 0.05) is 60.7 Å². The van der Waals surface area contributed by atoms with Crippen LogP contribution in [0.4, 0.5) is 0 Å². The average molecular weight is 1310 g/mol. The Labute approximate surface area is 539 Å². The van der Waals surface area contributed by atoms with Gasteiger partial charge in [-0.05, 0) is 216 Å². The molecule has 1 aliphatic heterocycles. The van der Waals surface area contributed by atoms with Gasteiger partial charge in [-0.2, -0.15) is 18.2 Å². The molecule has 0 saturated heterocycles. The third-order valence-corrected chi connectivity index (χ3v) is 18.0. The van der Waals surface area contributed by atoms with Crippen LogP contribution in [0.25, 0.3) is 106 Å². The topological polar surface area (TPSA) is 35.9 Å². The minimum absolute atomic E-state index is 0. The minimum Gasteiger partial charge on any atom is -0.510 e. The van der Waals surface area contributed by atoms with E-state index in [1.165, 1.54) is 36.4 Å². The van der Waals surface area contributed by atoms with Crippen LogP contribution in [0.15, 0.2) is 170 Å². The smallest absolute Gasteiger partial charge is 0.268 e. The Morgan fingerprint density at radius 3 is 1.78 bits per heavy atom. The molecule has 2 aliphatic rings. The Kier molecular flexibility index (Phi) is 10.6. The van der Waals surface area contributed by atoms with Gasteiger partial charge in [0.15, 0.2) is 0 Å². The Bertz CT molecular complexity index is 5180. The van der Waals surface area contributed by atoms with Crippen molar-refractivity contribution >= 4 is 32.8 Å². The van der Waals surface area contributed by atoms with Crippen LogP contribution in [0.1, 0.15) is 143 Å². The maximum atomic E-state index is 9.29. The van der Waals surface area contributed by atoms with Gasteiger partial charge in [-0.3, -0.25) is 4.57 Å². The SMILES string of the molecule is [2H]C([2H])([2H])c1cccc(C([2H])([2H])[2H])c1-c1cc2c(c(-c3c(C([2H])([2H])[2H])cccc3C([2H])([2H])[2H])c1)-[n+]1[c-]n(-c3[c-]c(Oc4[c-]c5c(cc4)c4ccccc4n5-c4cc(C(C)(C)C)ccn4)ccc3)c3cc(C(C)(C)C)cc(c31)-c1ccccc1-c1cc3c(cc1-2)C(C)(C)CCC3(C)C.[Pt]. The van der Waals surface area contributed by atoms with Gasteiger partial charge in [-0.1, -0.05) is 166 Å². The predicted octanol–water partition coefficient (Wildman–Crippen LogP) is 20.4. The van der Waals surface area contributed by atoms with Gasteiger partial charge in [-0.15, -0.1) is 29.7 Å². The second-order valence-corrected chi connectivity index (χ2v) is 26.6. The average Bonchev–Trinajstić information content (AvgIpc) is 1.44. The van der Waals surface area contributed by atoms with E-state index in [1.807, 2.05) is 82.1 Å². The molecule has 0 atom stereocenters. The molecule has 9 aromatic carbocycles. The van der Waals surface area contributed by atoms with Gasteiger partial charge >= 0.3 is 0 Å². The Balaban J connectivity index is 0.00000864. The normalized spacial score (nSPS) is 16.8. The van der Waals surface area contributed by atoms with E-state index in [1.54, 1.807) is 6.07 Å². The molecule has 6 heteroatoms. The van der Waals surface area contributed by atoms with Crippen molar-refractivity contribution in [3.05, 3.63) is 233 Å². The molecule has 5 nitrogen and oxygen atoms in total. The number of imidazole rings is 1. The first-order valence-corrected chi connectivity index (χ1v) is 29.3. The second-order valence-electron chi connectivity index (χ2n) is 26.6. The van der Waals surface area contributed by atoms with Gasteiger partial charge in [0.05, 0.1) is 16.7 Å². The second kappa shape index (κ2) is 20.5. The van der Waals surface area contributed by atoms with Gasteiger partial charge in [-0.25, -0.2) is 4.98 Å². The first kappa shape index (κ1) is 44.4. The maximum absolute atomic E-state index is 9.29. The number of rotatable bonds is 6. The van der Waals surface area contributed by atoms with E-state index in [9.17, 15) is 8.22 Å². The van der Waals surface area contributed by atoms with Crippen LogP contribution in [0.2, 0.25) is 0 Å². The van der Waals surface area contributed by atoms with Crippen molar-refractivity contribution in [3.63, 3.8) is 0 Å². The molecule has 3 aromatic heterocycles. The Morgan fingerprint density at radius 1 is 0.523 bits per heavy atom. The molecule has 4 heterocycles. The fourth-order valence-electron chi connectivity index (χ4n) is 13.3. The van der Waals surface area contributed by atoms with Crippen molar-refractivity contribution < 1.29 is 46.8 Å². The largest absolute Gasteiger partial charge is 0.510 e. The summed E-state index contributed by atoms with van der Waals surface area (Å²) in [6.07, 6.45) is 7.41. The molecular weight excluding hydrogens is 1230 g/mol. The van der Waals surface area contributed by atoms with Crippen molar-refractivity contribution in [2.24, 2.45) is 0 Å². The molecule has 0 spiro atoms. The summed E-state index contributed by atoms with van der Waals surface area (Å²) in [5.41, 5.74) is 10.2. The number of hydrogen-bond donors (Lipinski definition) is 0. The zero-order chi connectivity index (χ0) is 69.2. The fraction of sp³-hybridized carbons (Fsp3) is 0.250. The number of fused-ring (bicyclic) bond motifs is 11. The molecule has 12 aromatic rings. The van der Waals surface area contributed by atoms with E-state index in [2.05, 4.69) is 147 Å². The van der Waals surface area contributed by atoms with Gasteiger partial charge < -0.3 is 13.9 Å². The van der Waals surface area contributed by atoms with Gasteiger partial charge in [0.25, 0.3) is 6.33 Å². The summed E-state index contributed by atoms with van der Waals surface area (Å²) in [6.45, 7) is 10.4. The summed E-state index contributed by atoms with van der Waals surface area (Å²) in [5, 5.41) is 2.00. The third-order valence-electron chi connectivity index (χ3n) is 18.0. The number of nitrogens with zero attached hydrogens (tertiary/aromatic N) is 4. The van der Waals surface area contributed by atoms with E-state index in [0.29, 0.717) is 45.0 Å². The quantitative estimate of drug-likeness (QED) is 0.123. The van der Waals surface area contributed by atoms with Crippen LogP contribution in [-0.4, -0.2) is 14.1 Å². The predicted molar refractivity (Wildman–Crippen MR) is 352 cm³/mol. The van der Waals surface area contributed by atoms with Crippen LogP contribution < -0.4 is 9.30 Å². The minimum atomic E-state index is -2.93. The standard InChI is InChI=1S/C80H74N4O.Pt/c1-48-22-19-23-49(2)73(48)52-38-64-63-46-68-67(79(11,12)35-36-80(68,13)14)45-62(63)58-28-15-16-29-59(58)65-40-54(78(8,9)10)41-71-76(65)83(75(64)66(39-52)74-50(3)24-20-25-51(74)4)47-82(71)55-26-21-27-56(43-55)85-57-32-33-61-60-30-17-18-31-69(60)84(70(61)44-57)72-42-53(34-37-81-72)77(5,6)7;/h15-34,37-42,45-46H,35-36H2,1-14H3;/q-2;/i1D3,2D3,3D3,4D3;. The zero-order valence-electron chi connectivity index (χ0n) is 62.1. The summed E-state index contributed by atoms with van der Waals surface area (Å²) in [5.74, 6) is 1.52. The number of pyridine rings is 1. The Hall–Kier alpha value is -8.11. The van der Waals surface area contributed by atoms with E-state index in [-0.39, 0.29) is 81.8 Å². The van der Waals surface area contributed by atoms with Crippen molar-refractivity contribution in [1.82, 2.24) is 14.1 Å². The monoisotopic (exact) mass is 1310 g/mol. The van der Waals surface area contributed by atoms with Gasteiger partial charge in [0.1, 0.15) is 5.82 Å². The number of para-hydroxylation sites is 1. The van der Waals surface area contributed by atoms with Gasteiger partial charge in [0.2, 0.25) is 0 Å². The van der Waals surface area contributed by atoms with E-state index >= 15 is 0 Å². The first-order valence-electron chi connectivity index (χ1n) is 35.3. The summed E-state index contributed by atoms with van der Waals surface area (Å²) >= 11 is 0. The Morgan fingerprint density at radius 2 is 1.12 bits per heavy atom. The molecule has 0 fully saturated rings. The molecule has 0 saturated carbocycles. The number of aryl methyl sites for hydroxylation is 4. The molecule has 432 valence electrons. The van der Waals surface area contributed by atoms with E-state index < -0.39 is 32.8 Å². The molecule has 86 heavy (non-hydrogen) atoms. The summed E-state index contributed by atoms with van der Waals surface area (Å²) in [6, 6.07) is 58.1. The molecule has 0 amide bonds. The zero-order valence-corrected chi connectivity index (χ0v) is 52.4. The molecular formula is C80H74N4OPt-2. The number of benzene rings is 9. The molecule has 0 unspecified atom stereocenters. The first-order chi connectivity index (χ1) is 45.4. The molecule has 0 bridgehead atoms. The molecule has 1 aliphatic carbocycles. The van der Waals surface area contributed by atoms with E-state index in [4.69, 9.17) is 17.9 Å². The van der Waals surface area contributed by atoms with Crippen molar-refractivity contribution in [2.45, 2.75) is 131 Å². The fourth-order valence-corrected chi connectivity index (χ4v) is 13.3. The number of hydrogen-bond acceptors (Lipinski definition) is 2. The van der Waals surface area contributed by atoms with Crippen LogP contribution in [0.3, 0.4) is 0 Å². The van der Waals surface area contributed by atoms with Crippen LogP contribution >= 0.6 is 0 Å². The van der Waals surface area contributed by atoms with E-state index in [0.717, 1.165) is 85.0 Å². The molecule has 14 rings (SSSR count). The third kappa shape index (κ3) is 9.30. The number of ether oxygens (including phenoxy) is 1. The summed E-state index contributed by atoms with van der Waals surface area (Å²) < 4.78 is 123. The summed E-state index contributed by atoms with van der Waals surface area (Å²) in [7, 11) is 0. The van der Waals surface area contributed by atoms with Crippen molar-refractivity contribution in [2.75, 3.05) is 0 Å². The van der Waals surface area contributed by atoms with Crippen LogP contribution in [0.5, 0.6) is 11.5 Å². The summed E-state index contributed by atoms with van der Waals surface area (Å²) in [4.78, 5) is 4.89. The van der Waals surface area contributed by atoms with Crippen molar-refractivity contribution in [3.8, 4) is 84.3 Å². The number of aromatic nitrogens is 4. The van der Waals surface area contributed by atoms with Crippen LogP contribution in [0, 0.1) is 45.9 Å². The van der Waals surface area contributed by atoms with Crippen LogP contribution in [-0.2, 0) is 42.7 Å².